The van der Waals surface area contributed by atoms with E-state index in [-0.39, 0.29) is 0 Å². The third-order valence-electron chi connectivity index (χ3n) is 2.22. The van der Waals surface area contributed by atoms with E-state index in [0.29, 0.717) is 18.1 Å². The second-order valence-electron chi connectivity index (χ2n) is 3.32. The van der Waals surface area contributed by atoms with E-state index in [9.17, 15) is 0 Å². The molecule has 4 nitrogen and oxygen atoms in total. The highest BCUT2D eigenvalue weighted by Gasteiger charge is 2.03. The summed E-state index contributed by atoms with van der Waals surface area (Å²) >= 11 is 0. The fourth-order valence-electron chi connectivity index (χ4n) is 1.31. The van der Waals surface area contributed by atoms with Gasteiger partial charge < -0.3 is 15.5 Å². The van der Waals surface area contributed by atoms with Crippen LogP contribution in [0.15, 0.2) is 35.1 Å². The zero-order valence-electron chi connectivity index (χ0n) is 8.53. The molecule has 2 heterocycles. The van der Waals surface area contributed by atoms with Crippen molar-refractivity contribution in [3.63, 3.8) is 0 Å². The number of nitrogens with one attached hydrogen (secondary N) is 1. The second-order valence-corrected chi connectivity index (χ2v) is 3.32. The molecule has 0 saturated heterocycles. The standard InChI is InChI=1S/C11H13N3O/c1-8-4-6-15-10(8)7-14-11-9(12)3-2-5-13-11/h2-6H,7,12H2,1H3,(H,13,14). The van der Waals surface area contributed by atoms with Gasteiger partial charge in [-0.25, -0.2) is 4.98 Å². The van der Waals surface area contributed by atoms with E-state index in [0.717, 1.165) is 11.3 Å². The van der Waals surface area contributed by atoms with Crippen LogP contribution in [0.2, 0.25) is 0 Å². The monoisotopic (exact) mass is 203 g/mol. The van der Waals surface area contributed by atoms with E-state index in [1.54, 1.807) is 18.5 Å². The Bertz CT molecular complexity index is 451. The van der Waals surface area contributed by atoms with E-state index in [4.69, 9.17) is 10.2 Å². The van der Waals surface area contributed by atoms with Gasteiger partial charge in [0, 0.05) is 6.20 Å². The first-order valence-corrected chi connectivity index (χ1v) is 4.74. The molecule has 0 radical (unpaired) electrons. The van der Waals surface area contributed by atoms with Crippen LogP contribution in [0.3, 0.4) is 0 Å². The second kappa shape index (κ2) is 4.04. The molecule has 0 spiro atoms. The number of aryl methyl sites for hydroxylation is 1. The van der Waals surface area contributed by atoms with Gasteiger partial charge in [0.15, 0.2) is 0 Å². The molecule has 78 valence electrons. The number of pyridine rings is 1. The molecule has 0 aliphatic carbocycles. The predicted molar refractivity (Wildman–Crippen MR) is 59.4 cm³/mol. The van der Waals surface area contributed by atoms with E-state index >= 15 is 0 Å². The molecule has 4 heteroatoms. The number of aromatic nitrogens is 1. The Labute approximate surface area is 88.1 Å². The van der Waals surface area contributed by atoms with Crippen LogP contribution in [0.4, 0.5) is 11.5 Å². The van der Waals surface area contributed by atoms with Gasteiger partial charge in [-0.05, 0) is 30.7 Å². The molecule has 15 heavy (non-hydrogen) atoms. The van der Waals surface area contributed by atoms with Crippen LogP contribution >= 0.6 is 0 Å². The van der Waals surface area contributed by atoms with Gasteiger partial charge in [-0.2, -0.15) is 0 Å². The molecule has 2 aromatic heterocycles. The molecule has 0 amide bonds. The average Bonchev–Trinajstić information content (AvgIpc) is 2.63. The summed E-state index contributed by atoms with van der Waals surface area (Å²) in [5, 5.41) is 3.13. The number of furan rings is 1. The van der Waals surface area contributed by atoms with Gasteiger partial charge in [0.2, 0.25) is 0 Å². The topological polar surface area (TPSA) is 64.1 Å². The van der Waals surface area contributed by atoms with Crippen molar-refractivity contribution in [3.05, 3.63) is 42.0 Å². The number of rotatable bonds is 3. The van der Waals surface area contributed by atoms with Crippen molar-refractivity contribution in [1.29, 1.82) is 0 Å². The maximum Gasteiger partial charge on any atom is 0.149 e. The summed E-state index contributed by atoms with van der Waals surface area (Å²) in [6, 6.07) is 5.54. The van der Waals surface area contributed by atoms with Crippen molar-refractivity contribution in [1.82, 2.24) is 4.98 Å². The normalized spacial score (nSPS) is 10.2. The van der Waals surface area contributed by atoms with Gasteiger partial charge in [-0.15, -0.1) is 0 Å². The molecular formula is C11H13N3O. The number of nitrogen functional groups attached to an aromatic ring is 1. The lowest BCUT2D eigenvalue weighted by Gasteiger charge is -2.06. The number of nitrogens with two attached hydrogens (primary N) is 1. The van der Waals surface area contributed by atoms with Crippen LogP contribution in [0.25, 0.3) is 0 Å². The van der Waals surface area contributed by atoms with Crippen molar-refractivity contribution in [3.8, 4) is 0 Å². The molecule has 0 aliphatic rings. The molecule has 2 aromatic rings. The van der Waals surface area contributed by atoms with Crippen molar-refractivity contribution >= 4 is 11.5 Å². The van der Waals surface area contributed by atoms with Gasteiger partial charge in [0.05, 0.1) is 18.5 Å². The van der Waals surface area contributed by atoms with Crippen LogP contribution in [-0.2, 0) is 6.54 Å². The van der Waals surface area contributed by atoms with Crippen LogP contribution in [0.1, 0.15) is 11.3 Å². The molecule has 2 rings (SSSR count). The van der Waals surface area contributed by atoms with Crippen LogP contribution < -0.4 is 11.1 Å². The third kappa shape index (κ3) is 2.10. The molecule has 0 atom stereocenters. The first kappa shape index (κ1) is 9.58. The predicted octanol–water partition coefficient (Wildman–Crippen LogP) is 2.18. The molecule has 0 aliphatic heterocycles. The minimum Gasteiger partial charge on any atom is -0.467 e. The third-order valence-corrected chi connectivity index (χ3v) is 2.22. The summed E-state index contributed by atoms with van der Waals surface area (Å²) in [5.41, 5.74) is 7.51. The summed E-state index contributed by atoms with van der Waals surface area (Å²) in [4.78, 5) is 4.13. The number of nitrogens with zero attached hydrogens (tertiary/aromatic N) is 1. The maximum atomic E-state index is 5.74. The van der Waals surface area contributed by atoms with E-state index in [2.05, 4.69) is 10.3 Å². The minimum atomic E-state index is 0.597. The van der Waals surface area contributed by atoms with Crippen LogP contribution in [0.5, 0.6) is 0 Å². The van der Waals surface area contributed by atoms with Crippen LogP contribution in [0, 0.1) is 6.92 Å². The summed E-state index contributed by atoms with van der Waals surface area (Å²) in [7, 11) is 0. The summed E-state index contributed by atoms with van der Waals surface area (Å²) < 4.78 is 5.29. The van der Waals surface area contributed by atoms with Crippen molar-refractivity contribution < 1.29 is 4.42 Å². The fraction of sp³-hybridized carbons (Fsp3) is 0.182. The molecule has 0 saturated carbocycles. The Morgan fingerprint density at radius 3 is 3.00 bits per heavy atom. The number of anilines is 2. The number of hydrogen-bond acceptors (Lipinski definition) is 4. The minimum absolute atomic E-state index is 0.597. The molecule has 0 bridgehead atoms. The average molecular weight is 203 g/mol. The Kier molecular flexibility index (Phi) is 2.58. The van der Waals surface area contributed by atoms with Gasteiger partial charge in [0.1, 0.15) is 11.6 Å². The van der Waals surface area contributed by atoms with Gasteiger partial charge in [-0.3, -0.25) is 0 Å². The highest BCUT2D eigenvalue weighted by Crippen LogP contribution is 2.16. The summed E-state index contributed by atoms with van der Waals surface area (Å²) in [6.45, 7) is 2.60. The van der Waals surface area contributed by atoms with Crippen molar-refractivity contribution in [2.45, 2.75) is 13.5 Å². The first-order chi connectivity index (χ1) is 7.27. The Hall–Kier alpha value is -1.97. The van der Waals surface area contributed by atoms with E-state index in [1.807, 2.05) is 19.1 Å². The van der Waals surface area contributed by atoms with Crippen molar-refractivity contribution in [2.75, 3.05) is 11.1 Å². The van der Waals surface area contributed by atoms with E-state index in [1.165, 1.54) is 0 Å². The smallest absolute Gasteiger partial charge is 0.149 e. The highest BCUT2D eigenvalue weighted by atomic mass is 16.3. The first-order valence-electron chi connectivity index (χ1n) is 4.74. The quantitative estimate of drug-likeness (QED) is 0.802. The van der Waals surface area contributed by atoms with Crippen molar-refractivity contribution in [2.24, 2.45) is 0 Å². The lowest BCUT2D eigenvalue weighted by atomic mass is 10.3. The Morgan fingerprint density at radius 1 is 1.47 bits per heavy atom. The lowest BCUT2D eigenvalue weighted by molar-refractivity contribution is 0.515. The van der Waals surface area contributed by atoms with Crippen LogP contribution in [-0.4, -0.2) is 4.98 Å². The molecule has 0 aromatic carbocycles. The zero-order chi connectivity index (χ0) is 10.7. The molecule has 3 N–H and O–H groups in total. The Morgan fingerprint density at radius 2 is 2.33 bits per heavy atom. The SMILES string of the molecule is Cc1ccoc1CNc1ncccc1N. The number of hydrogen-bond donors (Lipinski definition) is 2. The highest BCUT2D eigenvalue weighted by molar-refractivity contribution is 5.60. The summed E-state index contributed by atoms with van der Waals surface area (Å²) in [6.07, 6.45) is 3.38. The zero-order valence-corrected chi connectivity index (χ0v) is 8.53. The van der Waals surface area contributed by atoms with E-state index < -0.39 is 0 Å². The molecule has 0 unspecified atom stereocenters. The Balaban J connectivity index is 2.06. The maximum absolute atomic E-state index is 5.74. The largest absolute Gasteiger partial charge is 0.467 e. The van der Waals surface area contributed by atoms with Gasteiger partial charge in [-0.1, -0.05) is 0 Å². The summed E-state index contributed by atoms with van der Waals surface area (Å²) in [5.74, 6) is 1.59. The molecule has 0 fully saturated rings. The van der Waals surface area contributed by atoms with Gasteiger partial charge in [0.25, 0.3) is 0 Å². The fourth-order valence-corrected chi connectivity index (χ4v) is 1.31. The molecular weight excluding hydrogens is 190 g/mol. The van der Waals surface area contributed by atoms with Gasteiger partial charge >= 0.3 is 0 Å². The lowest BCUT2D eigenvalue weighted by Crippen LogP contribution is -2.04.